The van der Waals surface area contributed by atoms with Crippen LogP contribution in [0.5, 0.6) is 0 Å². The molecule has 4 unspecified atom stereocenters. The molecule has 0 spiro atoms. The van der Waals surface area contributed by atoms with Crippen LogP contribution in [0.4, 0.5) is 0 Å². The van der Waals surface area contributed by atoms with Crippen molar-refractivity contribution in [2.24, 2.45) is 17.2 Å². The average Bonchev–Trinajstić information content (AvgIpc) is 2.55. The van der Waals surface area contributed by atoms with Gasteiger partial charge in [0.15, 0.2) is 5.85 Å². The molecule has 0 aromatic heterocycles. The molecule has 1 aromatic rings. The zero-order valence-electron chi connectivity index (χ0n) is 15.0. The molecule has 4 atom stereocenters. The zero-order valence-corrected chi connectivity index (χ0v) is 15.0. The van der Waals surface area contributed by atoms with Crippen LogP contribution >= 0.6 is 0 Å². The molecule has 8 nitrogen and oxygen atoms in total. The first-order valence-corrected chi connectivity index (χ1v) is 8.37. The van der Waals surface area contributed by atoms with E-state index in [0.717, 1.165) is 5.56 Å². The summed E-state index contributed by atoms with van der Waals surface area (Å²) in [6, 6.07) is 9.11. The quantitative estimate of drug-likeness (QED) is 0.294. The predicted molar refractivity (Wildman–Crippen MR) is 96.3 cm³/mol. The van der Waals surface area contributed by atoms with E-state index in [4.69, 9.17) is 26.7 Å². The molecule has 0 heterocycles. The molecule has 0 amide bonds. The Morgan fingerprint density at radius 2 is 1.92 bits per heavy atom. The van der Waals surface area contributed by atoms with Crippen molar-refractivity contribution < 1.29 is 19.7 Å². The van der Waals surface area contributed by atoms with Crippen LogP contribution in [0.2, 0.25) is 0 Å². The maximum atomic E-state index is 10.8. The molecule has 8 N–H and O–H groups in total. The second kappa shape index (κ2) is 10.8. The molecule has 0 saturated heterocycles. The van der Waals surface area contributed by atoms with E-state index >= 15 is 0 Å². The lowest BCUT2D eigenvalue weighted by Gasteiger charge is -2.41. The molecule has 0 saturated carbocycles. The van der Waals surface area contributed by atoms with Gasteiger partial charge in [0.25, 0.3) is 0 Å². The first-order chi connectivity index (χ1) is 11.8. The number of aliphatic hydroxyl groups is 2. The van der Waals surface area contributed by atoms with E-state index in [1.54, 1.807) is 0 Å². The fourth-order valence-corrected chi connectivity index (χ4v) is 2.62. The normalized spacial score (nSPS) is 17.9. The van der Waals surface area contributed by atoms with Crippen LogP contribution in [0.1, 0.15) is 12.5 Å². The average molecular weight is 356 g/mol. The van der Waals surface area contributed by atoms with Crippen molar-refractivity contribution in [3.05, 3.63) is 35.9 Å². The summed E-state index contributed by atoms with van der Waals surface area (Å²) in [6.07, 6.45) is -1.44. The Morgan fingerprint density at radius 1 is 1.28 bits per heavy atom. The van der Waals surface area contributed by atoms with E-state index in [2.05, 4.69) is 0 Å². The van der Waals surface area contributed by atoms with Gasteiger partial charge in [0, 0.05) is 20.2 Å². The van der Waals surface area contributed by atoms with Gasteiger partial charge in [-0.3, -0.25) is 5.73 Å². The Morgan fingerprint density at radius 3 is 2.44 bits per heavy atom. The number of nitrogens with zero attached hydrogens (tertiary/aromatic N) is 1. The number of rotatable bonds is 12. The minimum absolute atomic E-state index is 0.186. The van der Waals surface area contributed by atoms with Gasteiger partial charge >= 0.3 is 0 Å². The van der Waals surface area contributed by atoms with Crippen molar-refractivity contribution in [3.8, 4) is 0 Å². The largest absolute Gasteiger partial charge is 0.383 e. The molecule has 0 radical (unpaired) electrons. The number of ether oxygens (including phenoxy) is 2. The van der Waals surface area contributed by atoms with E-state index in [0.29, 0.717) is 13.0 Å². The summed E-state index contributed by atoms with van der Waals surface area (Å²) in [6.45, 7) is 2.41. The first-order valence-electron chi connectivity index (χ1n) is 8.37. The van der Waals surface area contributed by atoms with E-state index in [1.165, 1.54) is 18.9 Å². The van der Waals surface area contributed by atoms with Crippen LogP contribution in [-0.4, -0.2) is 72.7 Å². The third-order valence-corrected chi connectivity index (χ3v) is 3.89. The molecule has 0 aliphatic carbocycles. The highest BCUT2D eigenvalue weighted by atomic mass is 16.5. The summed E-state index contributed by atoms with van der Waals surface area (Å²) >= 11 is 0. The van der Waals surface area contributed by atoms with Gasteiger partial charge in [-0.25, -0.2) is 4.90 Å². The second-order valence-electron chi connectivity index (χ2n) is 6.18. The van der Waals surface area contributed by atoms with E-state index < -0.39 is 24.2 Å². The Kier molecular flexibility index (Phi) is 9.47. The fraction of sp³-hybridized carbons (Fsp3) is 0.647. The Balaban J connectivity index is 2.89. The lowest BCUT2D eigenvalue weighted by molar-refractivity contribution is -0.207. The molecule has 144 valence electrons. The summed E-state index contributed by atoms with van der Waals surface area (Å²) in [5.74, 6) is -1.74. The van der Waals surface area contributed by atoms with Crippen LogP contribution in [0, 0.1) is 0 Å². The van der Waals surface area contributed by atoms with Gasteiger partial charge in [-0.1, -0.05) is 30.3 Å². The Hall–Kier alpha value is -1.10. The summed E-state index contributed by atoms with van der Waals surface area (Å²) in [4.78, 5) is 1.36. The van der Waals surface area contributed by atoms with Crippen molar-refractivity contribution >= 4 is 0 Å². The van der Waals surface area contributed by atoms with Gasteiger partial charge in [0.05, 0.1) is 19.3 Å². The zero-order chi connectivity index (χ0) is 18.9. The number of benzene rings is 1. The first kappa shape index (κ1) is 21.9. The van der Waals surface area contributed by atoms with Crippen molar-refractivity contribution in [2.75, 3.05) is 33.4 Å². The van der Waals surface area contributed by atoms with Crippen molar-refractivity contribution in [1.29, 1.82) is 0 Å². The lowest BCUT2D eigenvalue weighted by atomic mass is 10.1. The molecule has 0 aliphatic rings. The summed E-state index contributed by atoms with van der Waals surface area (Å²) in [5.41, 5.74) is 18.5. The van der Waals surface area contributed by atoms with Crippen molar-refractivity contribution in [1.82, 2.24) is 4.90 Å². The highest BCUT2D eigenvalue weighted by Crippen LogP contribution is 2.17. The maximum absolute atomic E-state index is 10.8. The second-order valence-corrected chi connectivity index (χ2v) is 6.18. The topological polar surface area (TPSA) is 140 Å². The van der Waals surface area contributed by atoms with Gasteiger partial charge in [0.1, 0.15) is 12.3 Å². The van der Waals surface area contributed by atoms with Gasteiger partial charge in [-0.05, 0) is 18.9 Å². The van der Waals surface area contributed by atoms with Crippen LogP contribution in [0.15, 0.2) is 30.3 Å². The standard InChI is InChI=1S/C17H32N4O4/c1-17(20,23)21(10-8-13-6-4-3-5-7-13)16(22)15(25-11-9-18)14(19)12-24-2/h3-7,14-16,22-23H,8-12,18-20H2,1-2H3. The number of hydrogen-bond acceptors (Lipinski definition) is 8. The number of aliphatic hydroxyl groups excluding tert-OH is 1. The summed E-state index contributed by atoms with van der Waals surface area (Å²) in [5, 5.41) is 21.1. The molecule has 0 fully saturated rings. The van der Waals surface area contributed by atoms with E-state index in [1.807, 2.05) is 30.3 Å². The Bertz CT molecular complexity index is 469. The molecule has 25 heavy (non-hydrogen) atoms. The molecule has 0 aliphatic heterocycles. The summed E-state index contributed by atoms with van der Waals surface area (Å²) in [7, 11) is 1.51. The minimum Gasteiger partial charge on any atom is -0.383 e. The van der Waals surface area contributed by atoms with Crippen LogP contribution in [0.25, 0.3) is 0 Å². The SMILES string of the molecule is COCC(N)C(OCCN)C(O)N(CCc1ccccc1)C(C)(N)O. The lowest BCUT2D eigenvalue weighted by Crippen LogP contribution is -2.64. The van der Waals surface area contributed by atoms with Crippen molar-refractivity contribution in [2.45, 2.75) is 37.6 Å². The van der Waals surface area contributed by atoms with E-state index in [9.17, 15) is 10.2 Å². The van der Waals surface area contributed by atoms with Crippen LogP contribution in [0.3, 0.4) is 0 Å². The number of nitrogens with two attached hydrogens (primary N) is 3. The van der Waals surface area contributed by atoms with Crippen LogP contribution in [-0.2, 0) is 15.9 Å². The van der Waals surface area contributed by atoms with E-state index in [-0.39, 0.29) is 19.8 Å². The predicted octanol–water partition coefficient (Wildman–Crippen LogP) is -1.21. The number of methoxy groups -OCH3 is 1. The number of hydrogen-bond donors (Lipinski definition) is 5. The van der Waals surface area contributed by atoms with Gasteiger partial charge in [-0.15, -0.1) is 0 Å². The Labute approximate surface area is 149 Å². The fourth-order valence-electron chi connectivity index (χ4n) is 2.62. The van der Waals surface area contributed by atoms with Crippen LogP contribution < -0.4 is 17.2 Å². The molecule has 1 aromatic carbocycles. The third-order valence-electron chi connectivity index (χ3n) is 3.89. The third kappa shape index (κ3) is 7.35. The molecule has 1 rings (SSSR count). The smallest absolute Gasteiger partial charge is 0.170 e. The van der Waals surface area contributed by atoms with Gasteiger partial charge in [0.2, 0.25) is 0 Å². The molecule has 0 bridgehead atoms. The van der Waals surface area contributed by atoms with Crippen molar-refractivity contribution in [3.63, 3.8) is 0 Å². The monoisotopic (exact) mass is 356 g/mol. The molecular weight excluding hydrogens is 324 g/mol. The highest BCUT2D eigenvalue weighted by Gasteiger charge is 2.38. The summed E-state index contributed by atoms with van der Waals surface area (Å²) < 4.78 is 10.7. The maximum Gasteiger partial charge on any atom is 0.170 e. The van der Waals surface area contributed by atoms with Gasteiger partial charge in [-0.2, -0.15) is 0 Å². The minimum atomic E-state index is -1.74. The molecular formula is C17H32N4O4. The van der Waals surface area contributed by atoms with Gasteiger partial charge < -0.3 is 31.2 Å². The highest BCUT2D eigenvalue weighted by molar-refractivity contribution is 5.15. The molecule has 8 heteroatoms.